The number of nitrogens with zero attached hydrogens (tertiary/aromatic N) is 2. The monoisotopic (exact) mass is 156 g/mol. The lowest BCUT2D eigenvalue weighted by Crippen LogP contribution is -1.97. The summed E-state index contributed by atoms with van der Waals surface area (Å²) in [6.07, 6.45) is 1.79. The molecular weight excluding hydrogens is 144 g/mol. The third-order valence-electron chi connectivity index (χ3n) is 1.46. The van der Waals surface area contributed by atoms with E-state index in [0.717, 1.165) is 5.82 Å². The maximum Gasteiger partial charge on any atom is 0.134 e. The van der Waals surface area contributed by atoms with Crippen LogP contribution in [0.15, 0.2) is 6.20 Å². The second-order valence-electron chi connectivity index (χ2n) is 2.35. The van der Waals surface area contributed by atoms with Crippen molar-refractivity contribution in [2.45, 2.75) is 13.2 Å². The molecule has 1 rings (SSSR count). The lowest BCUT2D eigenvalue weighted by atomic mass is 10.5. The van der Waals surface area contributed by atoms with Crippen LogP contribution in [-0.2, 0) is 25.0 Å². The Balaban J connectivity index is 2.79. The fourth-order valence-corrected chi connectivity index (χ4v) is 0.911. The maximum absolute atomic E-state index is 8.73. The van der Waals surface area contributed by atoms with Crippen LogP contribution in [0.5, 0.6) is 0 Å². The molecule has 1 aromatic rings. The highest BCUT2D eigenvalue weighted by Crippen LogP contribution is 2.01. The quantitative estimate of drug-likeness (QED) is 0.673. The van der Waals surface area contributed by atoms with Gasteiger partial charge in [0, 0.05) is 20.4 Å². The molecule has 0 atom stereocenters. The molecule has 0 saturated carbocycles. The molecule has 1 heterocycles. The maximum atomic E-state index is 8.73. The molecular formula is C7H12N2O2. The van der Waals surface area contributed by atoms with Gasteiger partial charge in [0.15, 0.2) is 0 Å². The molecule has 0 saturated heterocycles. The van der Waals surface area contributed by atoms with Crippen molar-refractivity contribution >= 4 is 0 Å². The molecule has 1 N–H and O–H groups in total. The van der Waals surface area contributed by atoms with Crippen molar-refractivity contribution in [1.29, 1.82) is 0 Å². The van der Waals surface area contributed by atoms with Crippen LogP contribution in [0.2, 0.25) is 0 Å². The van der Waals surface area contributed by atoms with Crippen LogP contribution in [0, 0.1) is 0 Å². The first-order chi connectivity index (χ1) is 5.27. The number of hydrogen-bond acceptors (Lipinski definition) is 3. The first-order valence-electron chi connectivity index (χ1n) is 3.39. The number of aryl methyl sites for hydroxylation is 1. The molecule has 4 nitrogen and oxygen atoms in total. The topological polar surface area (TPSA) is 47.3 Å². The van der Waals surface area contributed by atoms with Crippen LogP contribution < -0.4 is 0 Å². The summed E-state index contributed by atoms with van der Waals surface area (Å²) in [4.78, 5) is 4.11. The second kappa shape index (κ2) is 3.50. The number of aromatic nitrogens is 2. The number of aliphatic hydroxyl groups excluding tert-OH is 1. The van der Waals surface area contributed by atoms with Crippen LogP contribution >= 0.6 is 0 Å². The van der Waals surface area contributed by atoms with Gasteiger partial charge in [-0.2, -0.15) is 0 Å². The van der Waals surface area contributed by atoms with Crippen molar-refractivity contribution in [1.82, 2.24) is 9.55 Å². The molecule has 0 bridgehead atoms. The van der Waals surface area contributed by atoms with Gasteiger partial charge in [0.05, 0.1) is 12.3 Å². The molecule has 0 amide bonds. The van der Waals surface area contributed by atoms with Gasteiger partial charge >= 0.3 is 0 Å². The first-order valence-corrected chi connectivity index (χ1v) is 3.39. The van der Waals surface area contributed by atoms with E-state index < -0.39 is 0 Å². The Morgan fingerprint density at radius 2 is 2.45 bits per heavy atom. The Hall–Kier alpha value is -0.870. The molecule has 11 heavy (non-hydrogen) atoms. The molecule has 0 aromatic carbocycles. The molecule has 62 valence electrons. The van der Waals surface area contributed by atoms with Crippen LogP contribution in [-0.4, -0.2) is 21.8 Å². The zero-order chi connectivity index (χ0) is 8.27. The van der Waals surface area contributed by atoms with E-state index in [9.17, 15) is 0 Å². The number of ether oxygens (including phenoxy) is 1. The Morgan fingerprint density at radius 3 is 2.91 bits per heavy atom. The zero-order valence-electron chi connectivity index (χ0n) is 6.74. The Morgan fingerprint density at radius 1 is 1.73 bits per heavy atom. The van der Waals surface area contributed by atoms with Crippen molar-refractivity contribution in [2.24, 2.45) is 7.05 Å². The van der Waals surface area contributed by atoms with Gasteiger partial charge in [-0.15, -0.1) is 0 Å². The summed E-state index contributed by atoms with van der Waals surface area (Å²) in [6, 6.07) is 0. The minimum Gasteiger partial charge on any atom is -0.390 e. The number of methoxy groups -OCH3 is 1. The van der Waals surface area contributed by atoms with E-state index in [1.54, 1.807) is 13.3 Å². The highest BCUT2D eigenvalue weighted by molar-refractivity contribution is 5.01. The first kappa shape index (κ1) is 8.23. The number of aliphatic hydroxyl groups is 1. The van der Waals surface area contributed by atoms with Gasteiger partial charge < -0.3 is 14.4 Å². The summed E-state index contributed by atoms with van der Waals surface area (Å²) >= 11 is 0. The van der Waals surface area contributed by atoms with E-state index in [2.05, 4.69) is 4.98 Å². The lowest BCUT2D eigenvalue weighted by Gasteiger charge is -1.96. The van der Waals surface area contributed by atoms with Crippen LogP contribution in [0.25, 0.3) is 0 Å². The van der Waals surface area contributed by atoms with Gasteiger partial charge in [-0.05, 0) is 0 Å². The second-order valence-corrected chi connectivity index (χ2v) is 2.35. The molecule has 1 aromatic heterocycles. The fraction of sp³-hybridized carbons (Fsp3) is 0.571. The van der Waals surface area contributed by atoms with Gasteiger partial charge in [-0.3, -0.25) is 0 Å². The average Bonchev–Trinajstić information content (AvgIpc) is 2.33. The summed E-state index contributed by atoms with van der Waals surface area (Å²) in [5, 5.41) is 8.73. The largest absolute Gasteiger partial charge is 0.390 e. The molecule has 0 unspecified atom stereocenters. The van der Waals surface area contributed by atoms with E-state index in [1.807, 2.05) is 11.6 Å². The zero-order valence-corrected chi connectivity index (χ0v) is 6.74. The van der Waals surface area contributed by atoms with E-state index in [-0.39, 0.29) is 6.61 Å². The van der Waals surface area contributed by atoms with Crippen molar-refractivity contribution in [3.05, 3.63) is 17.7 Å². The summed E-state index contributed by atoms with van der Waals surface area (Å²) in [7, 11) is 3.49. The minimum atomic E-state index is -0.0163. The molecule has 4 heteroatoms. The van der Waals surface area contributed by atoms with E-state index in [1.165, 1.54) is 0 Å². The Labute approximate surface area is 65.4 Å². The van der Waals surface area contributed by atoms with Crippen molar-refractivity contribution in [3.63, 3.8) is 0 Å². The normalized spacial score (nSPS) is 10.5. The third kappa shape index (κ3) is 1.78. The minimum absolute atomic E-state index is 0.0163. The third-order valence-corrected chi connectivity index (χ3v) is 1.46. The average molecular weight is 156 g/mol. The van der Waals surface area contributed by atoms with E-state index >= 15 is 0 Å². The van der Waals surface area contributed by atoms with Gasteiger partial charge in [0.1, 0.15) is 12.4 Å². The molecule has 0 fully saturated rings. The number of imidazole rings is 1. The van der Waals surface area contributed by atoms with Gasteiger partial charge in [0.25, 0.3) is 0 Å². The van der Waals surface area contributed by atoms with Gasteiger partial charge in [-0.25, -0.2) is 4.98 Å². The highest BCUT2D eigenvalue weighted by atomic mass is 16.5. The number of hydrogen-bond donors (Lipinski definition) is 1. The summed E-state index contributed by atoms with van der Waals surface area (Å²) in [6.45, 7) is 0.466. The molecule has 0 aliphatic heterocycles. The van der Waals surface area contributed by atoms with Gasteiger partial charge in [0.2, 0.25) is 0 Å². The molecule has 0 radical (unpaired) electrons. The SMILES string of the molecule is COCc1nc(CO)cn1C. The van der Waals surface area contributed by atoms with Crippen molar-refractivity contribution < 1.29 is 9.84 Å². The predicted octanol–water partition coefficient (Wildman–Crippen LogP) is 0.0588. The summed E-state index contributed by atoms with van der Waals surface area (Å²) < 4.78 is 6.74. The standard InChI is InChI=1S/C7H12N2O2/c1-9-3-6(4-10)8-7(9)5-11-2/h3,10H,4-5H2,1-2H3. The van der Waals surface area contributed by atoms with Crippen LogP contribution in [0.1, 0.15) is 11.5 Å². The molecule has 0 aliphatic rings. The summed E-state index contributed by atoms with van der Waals surface area (Å²) in [5.41, 5.74) is 0.680. The lowest BCUT2D eigenvalue weighted by molar-refractivity contribution is 0.175. The number of rotatable bonds is 3. The van der Waals surface area contributed by atoms with Gasteiger partial charge in [-0.1, -0.05) is 0 Å². The smallest absolute Gasteiger partial charge is 0.134 e. The van der Waals surface area contributed by atoms with Crippen LogP contribution in [0.4, 0.5) is 0 Å². The summed E-state index contributed by atoms with van der Waals surface area (Å²) in [5.74, 6) is 0.830. The molecule has 0 spiro atoms. The van der Waals surface area contributed by atoms with E-state index in [4.69, 9.17) is 9.84 Å². The van der Waals surface area contributed by atoms with E-state index in [0.29, 0.717) is 12.3 Å². The van der Waals surface area contributed by atoms with Crippen LogP contribution in [0.3, 0.4) is 0 Å². The molecule has 0 aliphatic carbocycles. The Bertz CT molecular complexity index is 232. The fourth-order valence-electron chi connectivity index (χ4n) is 0.911. The Kier molecular flexibility index (Phi) is 2.62. The van der Waals surface area contributed by atoms with Crippen molar-refractivity contribution in [2.75, 3.05) is 7.11 Å². The predicted molar refractivity (Wildman–Crippen MR) is 39.8 cm³/mol. The highest BCUT2D eigenvalue weighted by Gasteiger charge is 2.02. The van der Waals surface area contributed by atoms with Crippen molar-refractivity contribution in [3.8, 4) is 0 Å².